The number of esters is 1. The highest BCUT2D eigenvalue weighted by Crippen LogP contribution is 2.46. The fourth-order valence-corrected chi connectivity index (χ4v) is 2.95. The molecule has 2 aliphatic rings. The molecule has 0 amide bonds. The maximum absolute atomic E-state index is 11.8. The second-order valence-corrected chi connectivity index (χ2v) is 4.94. The normalized spacial score (nSPS) is 29.4. The van der Waals surface area contributed by atoms with E-state index in [1.807, 2.05) is 0 Å². The Morgan fingerprint density at radius 1 is 1.33 bits per heavy atom. The molecule has 0 aromatic carbocycles. The number of hydrogen-bond donors (Lipinski definition) is 1. The van der Waals surface area contributed by atoms with Crippen molar-refractivity contribution in [1.82, 2.24) is 0 Å². The Hall–Kier alpha value is -0.570. The number of carbonyl (C=O) groups is 1. The van der Waals surface area contributed by atoms with E-state index in [2.05, 4.69) is 0 Å². The monoisotopic (exact) mass is 212 g/mol. The van der Waals surface area contributed by atoms with Crippen LogP contribution >= 0.6 is 0 Å². The molecule has 3 heteroatoms. The molecular weight excluding hydrogens is 192 g/mol. The first-order valence-corrected chi connectivity index (χ1v) is 6.09. The van der Waals surface area contributed by atoms with Crippen LogP contribution in [0.25, 0.3) is 0 Å². The average Bonchev–Trinajstić information content (AvgIpc) is 2.54. The standard InChI is InChI=1S/C12H20O3/c13-8-4-5-10-9-12(11(14)15-10)6-2-1-3-7-12/h10,13H,1-9H2. The highest BCUT2D eigenvalue weighted by molar-refractivity contribution is 5.79. The van der Waals surface area contributed by atoms with Crippen molar-refractivity contribution < 1.29 is 14.6 Å². The van der Waals surface area contributed by atoms with Crippen LogP contribution in [0.1, 0.15) is 51.4 Å². The van der Waals surface area contributed by atoms with Gasteiger partial charge in [0, 0.05) is 13.0 Å². The average molecular weight is 212 g/mol. The molecule has 1 aliphatic carbocycles. The Balaban J connectivity index is 1.93. The van der Waals surface area contributed by atoms with Crippen molar-refractivity contribution in [1.29, 1.82) is 0 Å². The van der Waals surface area contributed by atoms with E-state index in [4.69, 9.17) is 9.84 Å². The molecule has 0 aromatic heterocycles. The van der Waals surface area contributed by atoms with Gasteiger partial charge in [0.1, 0.15) is 6.10 Å². The van der Waals surface area contributed by atoms with Crippen LogP contribution < -0.4 is 0 Å². The molecule has 1 aliphatic heterocycles. The maximum Gasteiger partial charge on any atom is 0.312 e. The minimum absolute atomic E-state index is 0.0325. The molecule has 2 rings (SSSR count). The van der Waals surface area contributed by atoms with Gasteiger partial charge in [-0.15, -0.1) is 0 Å². The summed E-state index contributed by atoms with van der Waals surface area (Å²) < 4.78 is 5.41. The van der Waals surface area contributed by atoms with E-state index < -0.39 is 0 Å². The predicted molar refractivity (Wildman–Crippen MR) is 56.3 cm³/mol. The van der Waals surface area contributed by atoms with Crippen molar-refractivity contribution in [3.05, 3.63) is 0 Å². The number of hydrogen-bond acceptors (Lipinski definition) is 3. The minimum Gasteiger partial charge on any atom is -0.462 e. The molecule has 1 N–H and O–H groups in total. The minimum atomic E-state index is -0.141. The molecule has 86 valence electrons. The first kappa shape index (κ1) is 10.9. The number of cyclic esters (lactones) is 1. The Morgan fingerprint density at radius 2 is 2.07 bits per heavy atom. The molecule has 1 heterocycles. The van der Waals surface area contributed by atoms with Gasteiger partial charge in [0.2, 0.25) is 0 Å². The summed E-state index contributed by atoms with van der Waals surface area (Å²) in [4.78, 5) is 11.8. The molecule has 0 radical (unpaired) electrons. The van der Waals surface area contributed by atoms with Gasteiger partial charge in [-0.3, -0.25) is 4.79 Å². The van der Waals surface area contributed by atoms with Crippen molar-refractivity contribution >= 4 is 5.97 Å². The van der Waals surface area contributed by atoms with Crippen molar-refractivity contribution in [3.63, 3.8) is 0 Å². The summed E-state index contributed by atoms with van der Waals surface area (Å²) in [5.41, 5.74) is -0.141. The van der Waals surface area contributed by atoms with E-state index >= 15 is 0 Å². The first-order valence-electron chi connectivity index (χ1n) is 6.09. The summed E-state index contributed by atoms with van der Waals surface area (Å²) >= 11 is 0. The third-order valence-corrected chi connectivity index (χ3v) is 3.82. The van der Waals surface area contributed by atoms with Gasteiger partial charge >= 0.3 is 5.97 Å². The third kappa shape index (κ3) is 2.17. The van der Waals surface area contributed by atoms with E-state index in [1.165, 1.54) is 19.3 Å². The van der Waals surface area contributed by atoms with Crippen LogP contribution in [0.4, 0.5) is 0 Å². The molecule has 1 unspecified atom stereocenters. The van der Waals surface area contributed by atoms with Crippen LogP contribution in [0.2, 0.25) is 0 Å². The first-order chi connectivity index (χ1) is 7.27. The van der Waals surface area contributed by atoms with Crippen LogP contribution in [0, 0.1) is 5.41 Å². The van der Waals surface area contributed by atoms with Crippen LogP contribution in [-0.4, -0.2) is 23.8 Å². The van der Waals surface area contributed by atoms with Crippen molar-refractivity contribution in [2.75, 3.05) is 6.61 Å². The summed E-state index contributed by atoms with van der Waals surface area (Å²) in [5.74, 6) is 0.0325. The summed E-state index contributed by atoms with van der Waals surface area (Å²) in [5, 5.41) is 8.75. The van der Waals surface area contributed by atoms with Crippen LogP contribution in [0.5, 0.6) is 0 Å². The lowest BCUT2D eigenvalue weighted by Crippen LogP contribution is -2.28. The van der Waals surface area contributed by atoms with Crippen LogP contribution in [0.3, 0.4) is 0 Å². The van der Waals surface area contributed by atoms with Crippen LogP contribution in [0.15, 0.2) is 0 Å². The molecule has 1 atom stereocenters. The van der Waals surface area contributed by atoms with Gasteiger partial charge in [-0.05, 0) is 25.7 Å². The lowest BCUT2D eigenvalue weighted by atomic mass is 9.72. The molecule has 1 saturated carbocycles. The summed E-state index contributed by atoms with van der Waals surface area (Å²) in [7, 11) is 0. The highest BCUT2D eigenvalue weighted by Gasteiger charge is 2.48. The van der Waals surface area contributed by atoms with Crippen molar-refractivity contribution in [3.8, 4) is 0 Å². The summed E-state index contributed by atoms with van der Waals surface area (Å²) in [6.07, 6.45) is 8.16. The van der Waals surface area contributed by atoms with Crippen LogP contribution in [-0.2, 0) is 9.53 Å². The van der Waals surface area contributed by atoms with Gasteiger partial charge in [-0.2, -0.15) is 0 Å². The number of ether oxygens (including phenoxy) is 1. The van der Waals surface area contributed by atoms with Gasteiger partial charge < -0.3 is 9.84 Å². The molecular formula is C12H20O3. The van der Waals surface area contributed by atoms with Gasteiger partial charge in [0.25, 0.3) is 0 Å². The maximum atomic E-state index is 11.8. The number of aliphatic hydroxyl groups excluding tert-OH is 1. The predicted octanol–water partition coefficient (Wildman–Crippen LogP) is 2.02. The van der Waals surface area contributed by atoms with Crippen molar-refractivity contribution in [2.45, 2.75) is 57.5 Å². The molecule has 15 heavy (non-hydrogen) atoms. The van der Waals surface area contributed by atoms with Gasteiger partial charge in [0.05, 0.1) is 5.41 Å². The molecule has 1 saturated heterocycles. The lowest BCUT2D eigenvalue weighted by Gasteiger charge is -2.28. The fourth-order valence-electron chi connectivity index (χ4n) is 2.95. The van der Waals surface area contributed by atoms with Crippen molar-refractivity contribution in [2.24, 2.45) is 5.41 Å². The number of carbonyl (C=O) groups excluding carboxylic acids is 1. The number of aliphatic hydroxyl groups is 1. The van der Waals surface area contributed by atoms with E-state index in [-0.39, 0.29) is 24.1 Å². The summed E-state index contributed by atoms with van der Waals surface area (Å²) in [6, 6.07) is 0. The summed E-state index contributed by atoms with van der Waals surface area (Å²) in [6.45, 7) is 0.195. The largest absolute Gasteiger partial charge is 0.462 e. The van der Waals surface area contributed by atoms with E-state index in [0.717, 1.165) is 32.1 Å². The smallest absolute Gasteiger partial charge is 0.312 e. The molecule has 1 spiro atoms. The second-order valence-electron chi connectivity index (χ2n) is 4.94. The Bertz CT molecular complexity index is 231. The second kappa shape index (κ2) is 4.52. The molecule has 3 nitrogen and oxygen atoms in total. The van der Waals surface area contributed by atoms with Gasteiger partial charge in [-0.25, -0.2) is 0 Å². The zero-order valence-electron chi connectivity index (χ0n) is 9.21. The molecule has 2 fully saturated rings. The topological polar surface area (TPSA) is 46.5 Å². The lowest BCUT2D eigenvalue weighted by molar-refractivity contribution is -0.150. The molecule has 0 aromatic rings. The SMILES string of the molecule is O=C1OC(CCCO)CC12CCCCC2. The van der Waals surface area contributed by atoms with E-state index in [9.17, 15) is 4.79 Å². The van der Waals surface area contributed by atoms with Gasteiger partial charge in [-0.1, -0.05) is 19.3 Å². The Kier molecular flexibility index (Phi) is 3.29. The quantitative estimate of drug-likeness (QED) is 0.728. The van der Waals surface area contributed by atoms with E-state index in [1.54, 1.807) is 0 Å². The zero-order chi connectivity index (χ0) is 10.7. The number of rotatable bonds is 3. The third-order valence-electron chi connectivity index (χ3n) is 3.82. The van der Waals surface area contributed by atoms with Gasteiger partial charge in [0.15, 0.2) is 0 Å². The van der Waals surface area contributed by atoms with E-state index in [0.29, 0.717) is 0 Å². The Morgan fingerprint density at radius 3 is 2.73 bits per heavy atom. The Labute approximate surface area is 90.8 Å². The molecule has 0 bridgehead atoms. The highest BCUT2D eigenvalue weighted by atomic mass is 16.6. The zero-order valence-corrected chi connectivity index (χ0v) is 9.21. The fraction of sp³-hybridized carbons (Fsp3) is 0.917.